The topological polar surface area (TPSA) is 38.9 Å². The van der Waals surface area contributed by atoms with Crippen LogP contribution in [0.3, 0.4) is 0 Å². The third kappa shape index (κ3) is 3.07. The summed E-state index contributed by atoms with van der Waals surface area (Å²) < 4.78 is 5.56. The highest BCUT2D eigenvalue weighted by atomic mass is 35.5. The Morgan fingerprint density at radius 2 is 1.94 bits per heavy atom. The summed E-state index contributed by atoms with van der Waals surface area (Å²) in [5.74, 6) is 1.85. The zero-order chi connectivity index (χ0) is 12.1. The van der Waals surface area contributed by atoms with Crippen LogP contribution < -0.4 is 0 Å². The van der Waals surface area contributed by atoms with Gasteiger partial charge < -0.3 is 4.42 Å². The van der Waals surface area contributed by atoms with E-state index < -0.39 is 0 Å². The van der Waals surface area contributed by atoms with Gasteiger partial charge in [-0.25, -0.2) is 0 Å². The lowest BCUT2D eigenvalue weighted by Crippen LogP contribution is -1.85. The van der Waals surface area contributed by atoms with Gasteiger partial charge in [0.15, 0.2) is 0 Å². The highest BCUT2D eigenvalue weighted by Crippen LogP contribution is 2.19. The second kappa shape index (κ2) is 5.82. The number of hydrogen-bond donors (Lipinski definition) is 0. The van der Waals surface area contributed by atoms with Gasteiger partial charge in [0.1, 0.15) is 0 Å². The maximum Gasteiger partial charge on any atom is 0.247 e. The Kier molecular flexibility index (Phi) is 4.15. The first-order chi connectivity index (χ1) is 8.33. The molecule has 2 rings (SSSR count). The zero-order valence-corrected chi connectivity index (χ0v) is 10.6. The van der Waals surface area contributed by atoms with E-state index in [-0.39, 0.29) is 0 Å². The molecule has 17 heavy (non-hydrogen) atoms. The molecule has 0 radical (unpaired) electrons. The minimum Gasteiger partial charge on any atom is -0.421 e. The maximum atomic E-state index is 5.62. The standard InChI is InChI=1S/C13H15ClN2O/c1-2-10-5-7-11(8-6-10)13-16-15-12(17-13)4-3-9-14/h5-8H,2-4,9H2,1H3. The number of benzene rings is 1. The van der Waals surface area contributed by atoms with Crippen LogP contribution in [0.25, 0.3) is 11.5 Å². The van der Waals surface area contributed by atoms with Crippen molar-refractivity contribution < 1.29 is 4.42 Å². The Morgan fingerprint density at radius 1 is 1.18 bits per heavy atom. The minimum absolute atomic E-state index is 0.581. The zero-order valence-electron chi connectivity index (χ0n) is 9.82. The number of rotatable bonds is 5. The SMILES string of the molecule is CCc1ccc(-c2nnc(CCCCl)o2)cc1. The van der Waals surface area contributed by atoms with Gasteiger partial charge in [-0.3, -0.25) is 0 Å². The van der Waals surface area contributed by atoms with Gasteiger partial charge in [0.25, 0.3) is 0 Å². The Bertz CT molecular complexity index is 465. The highest BCUT2D eigenvalue weighted by molar-refractivity contribution is 6.17. The van der Waals surface area contributed by atoms with Gasteiger partial charge >= 0.3 is 0 Å². The van der Waals surface area contributed by atoms with Gasteiger partial charge in [-0.05, 0) is 30.5 Å². The van der Waals surface area contributed by atoms with E-state index in [1.807, 2.05) is 12.1 Å². The summed E-state index contributed by atoms with van der Waals surface area (Å²) in [5, 5.41) is 8.03. The van der Waals surface area contributed by atoms with Crippen LogP contribution in [-0.4, -0.2) is 16.1 Å². The fourth-order valence-electron chi connectivity index (χ4n) is 1.57. The summed E-state index contributed by atoms with van der Waals surface area (Å²) in [6.07, 6.45) is 2.63. The van der Waals surface area contributed by atoms with Gasteiger partial charge in [-0.15, -0.1) is 21.8 Å². The second-order valence-electron chi connectivity index (χ2n) is 3.84. The van der Waals surface area contributed by atoms with Gasteiger partial charge in [0.2, 0.25) is 11.8 Å². The van der Waals surface area contributed by atoms with E-state index in [0.717, 1.165) is 24.8 Å². The fourth-order valence-corrected chi connectivity index (χ4v) is 1.71. The highest BCUT2D eigenvalue weighted by Gasteiger charge is 2.07. The van der Waals surface area contributed by atoms with Crippen LogP contribution in [0.15, 0.2) is 28.7 Å². The number of halogens is 1. The molecule has 0 N–H and O–H groups in total. The molecule has 0 aliphatic carbocycles. The average molecular weight is 251 g/mol. The normalized spacial score (nSPS) is 10.7. The number of alkyl halides is 1. The molecule has 0 amide bonds. The molecule has 2 aromatic rings. The van der Waals surface area contributed by atoms with Crippen LogP contribution in [0, 0.1) is 0 Å². The van der Waals surface area contributed by atoms with Crippen LogP contribution in [0.5, 0.6) is 0 Å². The summed E-state index contributed by atoms with van der Waals surface area (Å²) >= 11 is 5.62. The quantitative estimate of drug-likeness (QED) is 0.763. The molecule has 0 atom stereocenters. The van der Waals surface area contributed by atoms with Crippen LogP contribution in [0.4, 0.5) is 0 Å². The van der Waals surface area contributed by atoms with Crippen molar-refractivity contribution in [2.75, 3.05) is 5.88 Å². The molecule has 0 spiro atoms. The van der Waals surface area contributed by atoms with Crippen LogP contribution >= 0.6 is 11.6 Å². The molecule has 0 saturated carbocycles. The van der Waals surface area contributed by atoms with Gasteiger partial charge in [-0.1, -0.05) is 19.1 Å². The first kappa shape index (κ1) is 12.1. The van der Waals surface area contributed by atoms with Gasteiger partial charge in [0, 0.05) is 17.9 Å². The Hall–Kier alpha value is -1.35. The van der Waals surface area contributed by atoms with E-state index in [2.05, 4.69) is 29.3 Å². The predicted octanol–water partition coefficient (Wildman–Crippen LogP) is 3.47. The minimum atomic E-state index is 0.581. The number of aromatic nitrogens is 2. The van der Waals surface area contributed by atoms with E-state index in [9.17, 15) is 0 Å². The van der Waals surface area contributed by atoms with Gasteiger partial charge in [-0.2, -0.15) is 0 Å². The van der Waals surface area contributed by atoms with Crippen molar-refractivity contribution in [1.82, 2.24) is 10.2 Å². The average Bonchev–Trinajstić information content (AvgIpc) is 2.85. The van der Waals surface area contributed by atoms with Crippen molar-refractivity contribution in [2.45, 2.75) is 26.2 Å². The molecule has 90 valence electrons. The van der Waals surface area contributed by atoms with Crippen molar-refractivity contribution >= 4 is 11.6 Å². The van der Waals surface area contributed by atoms with Gasteiger partial charge in [0.05, 0.1) is 0 Å². The molecule has 0 fully saturated rings. The first-order valence-electron chi connectivity index (χ1n) is 5.81. The predicted molar refractivity (Wildman–Crippen MR) is 68.2 cm³/mol. The summed E-state index contributed by atoms with van der Waals surface area (Å²) in [5.41, 5.74) is 2.27. The molecular weight excluding hydrogens is 236 g/mol. The lowest BCUT2D eigenvalue weighted by molar-refractivity contribution is 0.502. The van der Waals surface area contributed by atoms with Crippen molar-refractivity contribution in [3.05, 3.63) is 35.7 Å². The van der Waals surface area contributed by atoms with E-state index in [4.69, 9.17) is 16.0 Å². The lowest BCUT2D eigenvalue weighted by atomic mass is 10.1. The molecule has 0 aliphatic heterocycles. The van der Waals surface area contributed by atoms with Crippen molar-refractivity contribution in [3.8, 4) is 11.5 Å². The molecule has 1 aromatic carbocycles. The fraction of sp³-hybridized carbons (Fsp3) is 0.385. The maximum absolute atomic E-state index is 5.62. The van der Waals surface area contributed by atoms with Crippen molar-refractivity contribution in [3.63, 3.8) is 0 Å². The molecule has 0 unspecified atom stereocenters. The van der Waals surface area contributed by atoms with Crippen LogP contribution in [0.1, 0.15) is 24.8 Å². The summed E-state index contributed by atoms with van der Waals surface area (Å²) in [6.45, 7) is 2.13. The molecule has 0 bridgehead atoms. The van der Waals surface area contributed by atoms with Crippen LogP contribution in [0.2, 0.25) is 0 Å². The van der Waals surface area contributed by atoms with Crippen molar-refractivity contribution in [2.24, 2.45) is 0 Å². The lowest BCUT2D eigenvalue weighted by Gasteiger charge is -1.97. The Labute approximate surface area is 106 Å². The third-order valence-corrected chi connectivity index (χ3v) is 2.87. The van der Waals surface area contributed by atoms with E-state index in [1.165, 1.54) is 5.56 Å². The van der Waals surface area contributed by atoms with Crippen molar-refractivity contribution in [1.29, 1.82) is 0 Å². The molecule has 4 heteroatoms. The largest absolute Gasteiger partial charge is 0.421 e. The summed E-state index contributed by atoms with van der Waals surface area (Å²) in [4.78, 5) is 0. The molecular formula is C13H15ClN2O. The monoisotopic (exact) mass is 250 g/mol. The summed E-state index contributed by atoms with van der Waals surface area (Å²) in [6, 6.07) is 8.19. The summed E-state index contributed by atoms with van der Waals surface area (Å²) in [7, 11) is 0. The molecule has 1 heterocycles. The molecule has 0 aliphatic rings. The van der Waals surface area contributed by atoms with E-state index in [0.29, 0.717) is 17.7 Å². The number of aryl methyl sites for hydroxylation is 2. The van der Waals surface area contributed by atoms with Crippen LogP contribution in [-0.2, 0) is 12.8 Å². The second-order valence-corrected chi connectivity index (χ2v) is 4.22. The third-order valence-electron chi connectivity index (χ3n) is 2.60. The molecule has 1 aromatic heterocycles. The first-order valence-corrected chi connectivity index (χ1v) is 6.34. The number of hydrogen-bond acceptors (Lipinski definition) is 3. The number of nitrogens with zero attached hydrogens (tertiary/aromatic N) is 2. The van der Waals surface area contributed by atoms with E-state index >= 15 is 0 Å². The molecule has 0 saturated heterocycles. The molecule has 3 nitrogen and oxygen atoms in total. The Balaban J connectivity index is 2.12. The van der Waals surface area contributed by atoms with E-state index in [1.54, 1.807) is 0 Å². The Morgan fingerprint density at radius 3 is 2.59 bits per heavy atom. The smallest absolute Gasteiger partial charge is 0.247 e.